The van der Waals surface area contributed by atoms with Crippen LogP contribution in [0.5, 0.6) is 5.75 Å². The second-order valence-corrected chi connectivity index (χ2v) is 8.34. The van der Waals surface area contributed by atoms with Crippen molar-refractivity contribution in [3.05, 3.63) is 97.7 Å². The number of thiazole rings is 1. The summed E-state index contributed by atoms with van der Waals surface area (Å²) >= 11 is 7.20. The summed E-state index contributed by atoms with van der Waals surface area (Å²) < 4.78 is 12.8. The van der Waals surface area contributed by atoms with E-state index in [1.165, 1.54) is 15.9 Å². The van der Waals surface area contributed by atoms with Gasteiger partial charge in [-0.15, -0.1) is 5.10 Å². The lowest BCUT2D eigenvalue weighted by Gasteiger charge is -1.98. The van der Waals surface area contributed by atoms with Crippen molar-refractivity contribution < 1.29 is 9.15 Å². The Balaban J connectivity index is 1.40. The summed E-state index contributed by atoms with van der Waals surface area (Å²) in [6, 6.07) is 18.7. The molecule has 0 aliphatic heterocycles. The third kappa shape index (κ3) is 4.08. The van der Waals surface area contributed by atoms with Crippen LogP contribution in [0.2, 0.25) is 5.02 Å². The lowest BCUT2D eigenvalue weighted by Crippen LogP contribution is -2.23. The first-order chi connectivity index (χ1) is 15.6. The van der Waals surface area contributed by atoms with Gasteiger partial charge in [0.15, 0.2) is 5.82 Å². The van der Waals surface area contributed by atoms with E-state index in [0.717, 1.165) is 16.9 Å². The van der Waals surface area contributed by atoms with Crippen molar-refractivity contribution in [2.24, 2.45) is 0 Å². The number of hydrogen-bond acceptors (Lipinski definition) is 6. The first-order valence-corrected chi connectivity index (χ1v) is 10.9. The number of hydrogen-bond donors (Lipinski definition) is 0. The van der Waals surface area contributed by atoms with Gasteiger partial charge in [-0.1, -0.05) is 41.1 Å². The molecule has 2 aromatic carbocycles. The predicted octanol–water partition coefficient (Wildman–Crippen LogP) is 4.79. The molecule has 5 rings (SSSR count). The van der Waals surface area contributed by atoms with Crippen molar-refractivity contribution in [3.63, 3.8) is 0 Å². The van der Waals surface area contributed by atoms with Gasteiger partial charge in [0, 0.05) is 16.7 Å². The summed E-state index contributed by atoms with van der Waals surface area (Å²) in [5.74, 6) is 2.54. The van der Waals surface area contributed by atoms with E-state index < -0.39 is 0 Å². The number of furan rings is 1. The van der Waals surface area contributed by atoms with Gasteiger partial charge >= 0.3 is 0 Å². The lowest BCUT2D eigenvalue weighted by atomic mass is 10.2. The highest BCUT2D eigenvalue weighted by Crippen LogP contribution is 2.24. The molecule has 0 N–H and O–H groups in total. The van der Waals surface area contributed by atoms with Crippen LogP contribution >= 0.6 is 22.9 Å². The van der Waals surface area contributed by atoms with Crippen LogP contribution in [0.25, 0.3) is 34.5 Å². The van der Waals surface area contributed by atoms with Crippen LogP contribution in [0, 0.1) is 0 Å². The molecule has 0 aliphatic carbocycles. The fourth-order valence-electron chi connectivity index (χ4n) is 3.13. The third-order valence-corrected chi connectivity index (χ3v) is 5.98. The van der Waals surface area contributed by atoms with Crippen LogP contribution in [-0.2, 0) is 0 Å². The topological polar surface area (TPSA) is 69.6 Å². The maximum absolute atomic E-state index is 12.8. The number of aromatic nitrogens is 3. The van der Waals surface area contributed by atoms with Crippen LogP contribution in [0.4, 0.5) is 0 Å². The molecule has 3 aromatic heterocycles. The molecule has 0 unspecified atom stereocenters. The van der Waals surface area contributed by atoms with Crippen molar-refractivity contribution in [1.29, 1.82) is 0 Å². The molecule has 0 saturated heterocycles. The summed E-state index contributed by atoms with van der Waals surface area (Å²) in [6.07, 6.45) is 5.36. The number of rotatable bonds is 5. The standard InChI is InChI=1S/C24H16ClN3O3S/c1-30-18-9-2-15(3-10-18)4-13-22-26-24-28(27-22)23(29)21(32-24)14-19-11-12-20(31-19)16-5-7-17(25)8-6-16/h2-14H,1H3/b13-4+,21-14-. The van der Waals surface area contributed by atoms with Gasteiger partial charge in [-0.2, -0.15) is 9.50 Å². The Morgan fingerprint density at radius 2 is 1.81 bits per heavy atom. The predicted molar refractivity (Wildman–Crippen MR) is 127 cm³/mol. The van der Waals surface area contributed by atoms with Crippen molar-refractivity contribution in [3.8, 4) is 17.1 Å². The molecule has 0 amide bonds. The summed E-state index contributed by atoms with van der Waals surface area (Å²) in [5, 5.41) is 4.98. The second kappa shape index (κ2) is 8.45. The zero-order chi connectivity index (χ0) is 22.1. The van der Waals surface area contributed by atoms with Gasteiger partial charge in [-0.3, -0.25) is 4.79 Å². The van der Waals surface area contributed by atoms with Crippen LogP contribution in [0.15, 0.2) is 69.9 Å². The molecule has 0 atom stereocenters. The number of ether oxygens (including phenoxy) is 1. The van der Waals surface area contributed by atoms with E-state index in [4.69, 9.17) is 20.8 Å². The van der Waals surface area contributed by atoms with Crippen molar-refractivity contribution in [1.82, 2.24) is 14.6 Å². The lowest BCUT2D eigenvalue weighted by molar-refractivity contribution is 0.415. The van der Waals surface area contributed by atoms with E-state index in [1.807, 2.05) is 54.6 Å². The fourth-order valence-corrected chi connectivity index (χ4v) is 4.16. The molecular formula is C24H16ClN3O3S. The van der Waals surface area contributed by atoms with Gasteiger partial charge in [0.05, 0.1) is 7.11 Å². The van der Waals surface area contributed by atoms with E-state index >= 15 is 0 Å². The number of nitrogens with zero attached hydrogens (tertiary/aromatic N) is 3. The molecule has 0 spiro atoms. The third-order valence-electron chi connectivity index (χ3n) is 4.77. The van der Waals surface area contributed by atoms with Gasteiger partial charge in [-0.05, 0) is 60.2 Å². The first-order valence-electron chi connectivity index (χ1n) is 9.68. The Kier molecular flexibility index (Phi) is 5.34. The number of benzene rings is 2. The van der Waals surface area contributed by atoms with Crippen molar-refractivity contribution in [2.45, 2.75) is 0 Å². The minimum absolute atomic E-state index is 0.231. The maximum Gasteiger partial charge on any atom is 0.291 e. The van der Waals surface area contributed by atoms with Crippen molar-refractivity contribution in [2.75, 3.05) is 7.11 Å². The molecule has 32 heavy (non-hydrogen) atoms. The minimum atomic E-state index is -0.231. The molecule has 0 bridgehead atoms. The smallest absolute Gasteiger partial charge is 0.291 e. The average molecular weight is 462 g/mol. The average Bonchev–Trinajstić information content (AvgIpc) is 3.51. The molecule has 0 aliphatic rings. The highest BCUT2D eigenvalue weighted by molar-refractivity contribution is 7.15. The highest BCUT2D eigenvalue weighted by Gasteiger charge is 2.10. The second-order valence-electron chi connectivity index (χ2n) is 6.90. The van der Waals surface area contributed by atoms with E-state index in [1.54, 1.807) is 31.4 Å². The molecule has 0 fully saturated rings. The van der Waals surface area contributed by atoms with E-state index in [9.17, 15) is 4.79 Å². The molecule has 6 nitrogen and oxygen atoms in total. The van der Waals surface area contributed by atoms with Gasteiger partial charge in [0.2, 0.25) is 4.96 Å². The summed E-state index contributed by atoms with van der Waals surface area (Å²) in [5.41, 5.74) is 1.66. The van der Waals surface area contributed by atoms with Gasteiger partial charge in [0.1, 0.15) is 21.8 Å². The Bertz CT molecular complexity index is 1530. The summed E-state index contributed by atoms with van der Waals surface area (Å²) in [6.45, 7) is 0. The van der Waals surface area contributed by atoms with E-state index in [-0.39, 0.29) is 5.56 Å². The molecule has 158 valence electrons. The number of halogens is 1. The Hall–Kier alpha value is -3.68. The number of methoxy groups -OCH3 is 1. The minimum Gasteiger partial charge on any atom is -0.497 e. The summed E-state index contributed by atoms with van der Waals surface area (Å²) in [4.78, 5) is 17.7. The zero-order valence-corrected chi connectivity index (χ0v) is 18.4. The highest BCUT2D eigenvalue weighted by atomic mass is 35.5. The Labute approximate surface area is 191 Å². The Morgan fingerprint density at radius 3 is 2.53 bits per heavy atom. The maximum atomic E-state index is 12.8. The molecule has 0 radical (unpaired) electrons. The largest absolute Gasteiger partial charge is 0.497 e. The van der Waals surface area contributed by atoms with Crippen LogP contribution < -0.4 is 14.8 Å². The molecular weight excluding hydrogens is 446 g/mol. The normalized spacial score (nSPS) is 12.2. The SMILES string of the molecule is COc1ccc(/C=C/c2nc3s/c(=C\c4ccc(-c5ccc(Cl)cc5)o4)c(=O)n3n2)cc1. The quantitative estimate of drug-likeness (QED) is 0.376. The molecule has 8 heteroatoms. The van der Waals surface area contributed by atoms with E-state index in [2.05, 4.69) is 10.1 Å². The monoisotopic (exact) mass is 461 g/mol. The van der Waals surface area contributed by atoms with Gasteiger partial charge in [0.25, 0.3) is 5.56 Å². The van der Waals surface area contributed by atoms with Crippen LogP contribution in [0.3, 0.4) is 0 Å². The molecule has 0 saturated carbocycles. The van der Waals surface area contributed by atoms with Crippen LogP contribution in [0.1, 0.15) is 17.1 Å². The molecule has 5 aromatic rings. The first kappa shape index (κ1) is 20.2. The summed E-state index contributed by atoms with van der Waals surface area (Å²) in [7, 11) is 1.63. The van der Waals surface area contributed by atoms with E-state index in [0.29, 0.717) is 31.9 Å². The van der Waals surface area contributed by atoms with Gasteiger partial charge < -0.3 is 9.15 Å². The fraction of sp³-hybridized carbons (Fsp3) is 0.0417. The molecule has 3 heterocycles. The Morgan fingerprint density at radius 1 is 1.03 bits per heavy atom. The zero-order valence-electron chi connectivity index (χ0n) is 16.9. The van der Waals surface area contributed by atoms with Crippen molar-refractivity contribution >= 4 is 46.1 Å². The van der Waals surface area contributed by atoms with Crippen LogP contribution in [-0.4, -0.2) is 21.7 Å². The number of fused-ring (bicyclic) bond motifs is 1. The van der Waals surface area contributed by atoms with Gasteiger partial charge in [-0.25, -0.2) is 0 Å².